The summed E-state index contributed by atoms with van der Waals surface area (Å²) in [6.45, 7) is 8.02. The van der Waals surface area contributed by atoms with E-state index < -0.39 is 0 Å². The van der Waals surface area contributed by atoms with E-state index in [-0.39, 0.29) is 12.3 Å². The molecule has 0 fully saturated rings. The van der Waals surface area contributed by atoms with Crippen molar-refractivity contribution in [3.05, 3.63) is 48.6 Å². The lowest BCUT2D eigenvalue weighted by Crippen LogP contribution is -2.36. The molecule has 0 aliphatic heterocycles. The normalized spacial score (nSPS) is 13.3. The van der Waals surface area contributed by atoms with Crippen molar-refractivity contribution in [2.75, 3.05) is 13.2 Å². The maximum atomic E-state index is 6.11. The first kappa shape index (κ1) is 40.8. The molecule has 1 atom stereocenters. The van der Waals surface area contributed by atoms with Crippen LogP contribution in [0.5, 0.6) is 0 Å². The highest BCUT2D eigenvalue weighted by molar-refractivity contribution is 4.93. The van der Waals surface area contributed by atoms with Crippen molar-refractivity contribution in [1.82, 2.24) is 0 Å². The molecule has 0 bridgehead atoms. The van der Waals surface area contributed by atoms with Gasteiger partial charge in [0.25, 0.3) is 0 Å². The molecule has 246 valence electrons. The van der Waals surface area contributed by atoms with Crippen LogP contribution < -0.4 is 5.73 Å². The topological polar surface area (TPSA) is 44.5 Å². The number of ether oxygens (including phenoxy) is 2. The van der Waals surface area contributed by atoms with Gasteiger partial charge in [-0.25, -0.2) is 0 Å². The zero-order valence-corrected chi connectivity index (χ0v) is 28.6. The molecular formula is C39H73NO2. The molecule has 0 unspecified atom stereocenters. The highest BCUT2D eigenvalue weighted by Crippen LogP contribution is 2.11. The maximum Gasteiger partial charge on any atom is 0.172 e. The van der Waals surface area contributed by atoms with Crippen LogP contribution in [0.15, 0.2) is 48.6 Å². The molecule has 0 spiro atoms. The van der Waals surface area contributed by atoms with Gasteiger partial charge in [-0.05, 0) is 84.0 Å². The molecule has 0 radical (unpaired) electrons. The summed E-state index contributed by atoms with van der Waals surface area (Å²) in [5.74, 6) is 0. The third kappa shape index (κ3) is 33.3. The van der Waals surface area contributed by atoms with Gasteiger partial charge in [0.2, 0.25) is 0 Å². The lowest BCUT2D eigenvalue weighted by Gasteiger charge is -2.22. The van der Waals surface area contributed by atoms with Gasteiger partial charge in [-0.3, -0.25) is 0 Å². The number of allylic oxidation sites excluding steroid dienone is 8. The standard InChI is InChI=1S/C39H73NO2/c1-4-6-8-10-12-14-16-18-20-22-24-26-28-30-32-34-36-41-39(38(3)40)42-37-35-33-31-29-27-25-23-21-19-17-15-13-11-9-7-5-2/h12-15,18-21,38-39H,4-11,16-17,22-37,40H2,1-3H3/b14-12-,15-13-,20-18-,21-19-/t38-/m0/s1. The average molecular weight is 588 g/mol. The van der Waals surface area contributed by atoms with Gasteiger partial charge in [0, 0.05) is 13.2 Å². The largest absolute Gasteiger partial charge is 0.351 e. The predicted octanol–water partition coefficient (Wildman–Crippen LogP) is 12.3. The molecule has 0 amide bonds. The van der Waals surface area contributed by atoms with Gasteiger partial charge >= 0.3 is 0 Å². The Morgan fingerprint density at radius 2 is 0.738 bits per heavy atom. The number of unbranched alkanes of at least 4 members (excludes halogenated alkanes) is 18. The Morgan fingerprint density at radius 3 is 1.07 bits per heavy atom. The van der Waals surface area contributed by atoms with Gasteiger partial charge in [-0.1, -0.05) is 140 Å². The Balaban J connectivity index is 3.50. The van der Waals surface area contributed by atoms with Crippen molar-refractivity contribution in [3.8, 4) is 0 Å². The van der Waals surface area contributed by atoms with Crippen LogP contribution in [0.25, 0.3) is 0 Å². The summed E-state index contributed by atoms with van der Waals surface area (Å²) in [6, 6.07) is -0.0841. The Hall–Kier alpha value is -1.16. The fourth-order valence-corrected chi connectivity index (χ4v) is 4.93. The van der Waals surface area contributed by atoms with Gasteiger partial charge in [0.15, 0.2) is 6.29 Å². The molecule has 0 aliphatic rings. The summed E-state index contributed by atoms with van der Waals surface area (Å²) in [6.07, 6.45) is 48.7. The number of rotatable bonds is 33. The van der Waals surface area contributed by atoms with Crippen LogP contribution in [0.4, 0.5) is 0 Å². The third-order valence-corrected chi connectivity index (χ3v) is 7.68. The Bertz CT molecular complexity index is 572. The summed E-state index contributed by atoms with van der Waals surface area (Å²) in [7, 11) is 0. The van der Waals surface area contributed by atoms with Crippen LogP contribution >= 0.6 is 0 Å². The molecule has 0 saturated carbocycles. The van der Waals surface area contributed by atoms with Gasteiger partial charge < -0.3 is 15.2 Å². The van der Waals surface area contributed by atoms with E-state index >= 15 is 0 Å². The lowest BCUT2D eigenvalue weighted by atomic mass is 10.1. The number of nitrogens with two attached hydrogens (primary N) is 1. The molecule has 0 aromatic heterocycles. The highest BCUT2D eigenvalue weighted by Gasteiger charge is 2.14. The second kappa shape index (κ2) is 36.0. The van der Waals surface area contributed by atoms with E-state index in [4.69, 9.17) is 15.2 Å². The van der Waals surface area contributed by atoms with E-state index in [9.17, 15) is 0 Å². The first-order valence-corrected chi connectivity index (χ1v) is 18.3. The van der Waals surface area contributed by atoms with E-state index in [1.54, 1.807) is 0 Å². The van der Waals surface area contributed by atoms with Crippen molar-refractivity contribution in [1.29, 1.82) is 0 Å². The summed E-state index contributed by atoms with van der Waals surface area (Å²) in [4.78, 5) is 0. The van der Waals surface area contributed by atoms with Crippen LogP contribution in [0.2, 0.25) is 0 Å². The zero-order chi connectivity index (χ0) is 30.6. The maximum absolute atomic E-state index is 6.11. The first-order valence-electron chi connectivity index (χ1n) is 18.3. The molecule has 0 aromatic rings. The lowest BCUT2D eigenvalue weighted by molar-refractivity contribution is -0.153. The van der Waals surface area contributed by atoms with Crippen LogP contribution in [0.1, 0.15) is 175 Å². The van der Waals surface area contributed by atoms with Gasteiger partial charge in [0.1, 0.15) is 0 Å². The molecule has 2 N–H and O–H groups in total. The van der Waals surface area contributed by atoms with Crippen LogP contribution in [-0.4, -0.2) is 25.5 Å². The molecule has 0 heterocycles. The summed E-state index contributed by atoms with van der Waals surface area (Å²) in [5, 5.41) is 0. The average Bonchev–Trinajstić information content (AvgIpc) is 2.99. The fourth-order valence-electron chi connectivity index (χ4n) is 4.93. The van der Waals surface area contributed by atoms with Crippen molar-refractivity contribution >= 4 is 0 Å². The van der Waals surface area contributed by atoms with E-state index in [1.165, 1.54) is 128 Å². The van der Waals surface area contributed by atoms with Crippen molar-refractivity contribution in [3.63, 3.8) is 0 Å². The third-order valence-electron chi connectivity index (χ3n) is 7.68. The summed E-state index contributed by atoms with van der Waals surface area (Å²) in [5.41, 5.74) is 6.11. The van der Waals surface area contributed by atoms with Crippen molar-refractivity contribution in [2.24, 2.45) is 5.73 Å². The molecule has 0 rings (SSSR count). The molecule has 3 nitrogen and oxygen atoms in total. The molecule has 42 heavy (non-hydrogen) atoms. The first-order chi connectivity index (χ1) is 20.7. The van der Waals surface area contributed by atoms with Crippen LogP contribution in [-0.2, 0) is 9.47 Å². The van der Waals surface area contributed by atoms with Crippen LogP contribution in [0, 0.1) is 0 Å². The Labute approximate surface area is 263 Å². The van der Waals surface area contributed by atoms with E-state index in [2.05, 4.69) is 62.5 Å². The molecule has 0 aliphatic carbocycles. The smallest absolute Gasteiger partial charge is 0.172 e. The number of hydrogen-bond acceptors (Lipinski definition) is 3. The van der Waals surface area contributed by atoms with E-state index in [0.717, 1.165) is 38.9 Å². The van der Waals surface area contributed by atoms with Crippen molar-refractivity contribution < 1.29 is 9.47 Å². The minimum Gasteiger partial charge on any atom is -0.351 e. The van der Waals surface area contributed by atoms with Gasteiger partial charge in [-0.2, -0.15) is 0 Å². The van der Waals surface area contributed by atoms with Gasteiger partial charge in [-0.15, -0.1) is 0 Å². The quantitative estimate of drug-likeness (QED) is 0.0472. The molecular weight excluding hydrogens is 514 g/mol. The van der Waals surface area contributed by atoms with Gasteiger partial charge in [0.05, 0.1) is 6.04 Å². The molecule has 0 aromatic carbocycles. The fraction of sp³-hybridized carbons (Fsp3) is 0.795. The second-order valence-corrected chi connectivity index (χ2v) is 12.1. The highest BCUT2D eigenvalue weighted by atomic mass is 16.7. The van der Waals surface area contributed by atoms with E-state index in [0.29, 0.717) is 0 Å². The molecule has 3 heteroatoms. The predicted molar refractivity (Wildman–Crippen MR) is 188 cm³/mol. The minimum absolute atomic E-state index is 0.0841. The van der Waals surface area contributed by atoms with Crippen molar-refractivity contribution in [2.45, 2.75) is 187 Å². The zero-order valence-electron chi connectivity index (χ0n) is 28.6. The summed E-state index contributed by atoms with van der Waals surface area (Å²) >= 11 is 0. The number of hydrogen-bond donors (Lipinski definition) is 1. The Morgan fingerprint density at radius 1 is 0.429 bits per heavy atom. The van der Waals surface area contributed by atoms with Crippen LogP contribution in [0.3, 0.4) is 0 Å². The monoisotopic (exact) mass is 588 g/mol. The minimum atomic E-state index is -0.263. The SMILES string of the molecule is CCCCC/C=C\C/C=C\CCCCCCCCOC(OCCCCCCCC/C=C\C/C=C\CCCCC)[C@H](C)N. The Kier molecular flexibility index (Phi) is 35.0. The second-order valence-electron chi connectivity index (χ2n) is 12.1. The van der Waals surface area contributed by atoms with E-state index in [1.807, 2.05) is 6.92 Å². The summed E-state index contributed by atoms with van der Waals surface area (Å²) < 4.78 is 12.0. The molecule has 0 saturated heterocycles.